The predicted octanol–water partition coefficient (Wildman–Crippen LogP) is 4.63. The molecule has 1 atom stereocenters. The van der Waals surface area contributed by atoms with Crippen molar-refractivity contribution in [3.05, 3.63) is 57.8 Å². The molecule has 1 amide bonds. The van der Waals surface area contributed by atoms with Crippen molar-refractivity contribution in [1.29, 1.82) is 0 Å². The van der Waals surface area contributed by atoms with Crippen LogP contribution in [0.25, 0.3) is 5.70 Å². The van der Waals surface area contributed by atoms with Crippen molar-refractivity contribution in [1.82, 2.24) is 0 Å². The molecular weight excluding hydrogens is 330 g/mol. The summed E-state index contributed by atoms with van der Waals surface area (Å²) in [6, 6.07) is 10.9. The topological polar surface area (TPSA) is 37.4 Å². The summed E-state index contributed by atoms with van der Waals surface area (Å²) in [6.07, 6.45) is 1.59. The van der Waals surface area contributed by atoms with Crippen LogP contribution in [0.3, 0.4) is 0 Å². The summed E-state index contributed by atoms with van der Waals surface area (Å²) in [7, 11) is 0. The molecule has 1 aliphatic rings. The van der Waals surface area contributed by atoms with Crippen molar-refractivity contribution >= 4 is 46.0 Å². The Morgan fingerprint density at radius 1 is 1.13 bits per heavy atom. The number of amides is 1. The molecule has 1 aromatic heterocycles. The van der Waals surface area contributed by atoms with E-state index in [0.29, 0.717) is 10.7 Å². The Morgan fingerprint density at radius 3 is 2.39 bits per heavy atom. The summed E-state index contributed by atoms with van der Waals surface area (Å²) >= 11 is 7.46. The summed E-state index contributed by atoms with van der Waals surface area (Å²) in [5.41, 5.74) is 1.35. The maximum absolute atomic E-state index is 13.0. The summed E-state index contributed by atoms with van der Waals surface area (Å²) < 4.78 is 0. The molecule has 23 heavy (non-hydrogen) atoms. The van der Waals surface area contributed by atoms with Gasteiger partial charge in [0.25, 0.3) is 0 Å². The number of benzene rings is 1. The molecule has 0 radical (unpaired) electrons. The number of carbonyl (C=O) groups excluding carboxylic acids is 2. The third-order valence-corrected chi connectivity index (χ3v) is 4.98. The fraction of sp³-hybridized carbons (Fsp3) is 0.222. The van der Waals surface area contributed by atoms with Gasteiger partial charge in [0.2, 0.25) is 5.91 Å². The van der Waals surface area contributed by atoms with Crippen LogP contribution in [-0.2, 0) is 9.59 Å². The lowest BCUT2D eigenvalue weighted by molar-refractivity contribution is -0.131. The Bertz CT molecular complexity index is 763. The summed E-state index contributed by atoms with van der Waals surface area (Å²) in [5, 5.41) is 2.54. The Balaban J connectivity index is 2.14. The lowest BCUT2D eigenvalue weighted by atomic mass is 9.86. The quantitative estimate of drug-likeness (QED) is 0.760. The standard InChI is InChI=1S/C18H16ClNO2S/c1-11(2)17-15(21)10-14(16-4-3-9-23-16)20(18(17)22)13-7-5-12(19)6-8-13/h3-11,17H,1-2H3. The fourth-order valence-electron chi connectivity index (χ4n) is 2.74. The first-order valence-electron chi connectivity index (χ1n) is 7.38. The van der Waals surface area contributed by atoms with Gasteiger partial charge in [-0.15, -0.1) is 11.3 Å². The van der Waals surface area contributed by atoms with Gasteiger partial charge in [-0.1, -0.05) is 31.5 Å². The molecule has 0 aliphatic carbocycles. The zero-order valence-electron chi connectivity index (χ0n) is 12.8. The summed E-state index contributed by atoms with van der Waals surface area (Å²) in [6.45, 7) is 3.79. The van der Waals surface area contributed by atoms with Crippen molar-refractivity contribution in [3.63, 3.8) is 0 Å². The van der Waals surface area contributed by atoms with E-state index in [4.69, 9.17) is 11.6 Å². The number of ketones is 1. The lowest BCUT2D eigenvalue weighted by Gasteiger charge is -2.33. The predicted molar refractivity (Wildman–Crippen MR) is 94.6 cm³/mol. The lowest BCUT2D eigenvalue weighted by Crippen LogP contribution is -2.44. The van der Waals surface area contributed by atoms with Gasteiger partial charge in [-0.3, -0.25) is 14.5 Å². The zero-order chi connectivity index (χ0) is 16.6. The van der Waals surface area contributed by atoms with Crippen molar-refractivity contribution in [2.75, 3.05) is 4.90 Å². The molecule has 0 N–H and O–H groups in total. The minimum atomic E-state index is -0.644. The summed E-state index contributed by atoms with van der Waals surface area (Å²) in [5.74, 6) is -1.00. The molecule has 0 saturated carbocycles. The van der Waals surface area contributed by atoms with Crippen molar-refractivity contribution in [3.8, 4) is 0 Å². The van der Waals surface area contributed by atoms with Crippen molar-refractivity contribution in [2.45, 2.75) is 13.8 Å². The van der Waals surface area contributed by atoms with Crippen molar-refractivity contribution in [2.24, 2.45) is 11.8 Å². The maximum atomic E-state index is 13.0. The number of hydrogen-bond donors (Lipinski definition) is 0. The van der Waals surface area contributed by atoms with E-state index in [0.717, 1.165) is 10.6 Å². The molecular formula is C18H16ClNO2S. The Hall–Kier alpha value is -1.91. The van der Waals surface area contributed by atoms with Gasteiger partial charge < -0.3 is 0 Å². The maximum Gasteiger partial charge on any atom is 0.242 e. The molecule has 2 aromatic rings. The first kappa shape index (κ1) is 16.0. The van der Waals surface area contributed by atoms with Crippen LogP contribution >= 0.6 is 22.9 Å². The highest BCUT2D eigenvalue weighted by molar-refractivity contribution is 7.11. The van der Waals surface area contributed by atoms with Gasteiger partial charge in [-0.05, 0) is 41.6 Å². The van der Waals surface area contributed by atoms with Gasteiger partial charge in [0, 0.05) is 16.8 Å². The second kappa shape index (κ2) is 6.30. The number of hydrogen-bond acceptors (Lipinski definition) is 3. The molecule has 5 heteroatoms. The first-order chi connectivity index (χ1) is 11.0. The molecule has 0 spiro atoms. The van der Waals surface area contributed by atoms with E-state index >= 15 is 0 Å². The van der Waals surface area contributed by atoms with Gasteiger partial charge >= 0.3 is 0 Å². The van der Waals surface area contributed by atoms with Crippen LogP contribution in [0.5, 0.6) is 0 Å². The van der Waals surface area contributed by atoms with Crippen LogP contribution in [0.1, 0.15) is 18.7 Å². The SMILES string of the molecule is CC(C)C1C(=O)C=C(c2cccs2)N(c2ccc(Cl)cc2)C1=O. The highest BCUT2D eigenvalue weighted by Crippen LogP contribution is 2.36. The van der Waals surface area contributed by atoms with E-state index in [9.17, 15) is 9.59 Å². The minimum Gasteiger partial charge on any atom is -0.294 e. The van der Waals surface area contributed by atoms with E-state index in [1.54, 1.807) is 35.2 Å². The third-order valence-electron chi connectivity index (χ3n) is 3.84. The van der Waals surface area contributed by atoms with Gasteiger partial charge in [0.05, 0.1) is 10.6 Å². The molecule has 3 nitrogen and oxygen atoms in total. The molecule has 1 aliphatic heterocycles. The van der Waals surface area contributed by atoms with E-state index in [-0.39, 0.29) is 17.6 Å². The van der Waals surface area contributed by atoms with Crippen LogP contribution in [0.2, 0.25) is 5.02 Å². The number of thiophene rings is 1. The number of allylic oxidation sites excluding steroid dienone is 1. The highest BCUT2D eigenvalue weighted by Gasteiger charge is 2.39. The molecule has 0 fully saturated rings. The van der Waals surface area contributed by atoms with Crippen LogP contribution < -0.4 is 4.90 Å². The van der Waals surface area contributed by atoms with E-state index < -0.39 is 5.92 Å². The molecule has 118 valence electrons. The van der Waals surface area contributed by atoms with E-state index in [1.165, 1.54) is 11.3 Å². The van der Waals surface area contributed by atoms with Crippen LogP contribution in [0.4, 0.5) is 5.69 Å². The smallest absolute Gasteiger partial charge is 0.242 e. The van der Waals surface area contributed by atoms with Crippen LogP contribution in [0, 0.1) is 11.8 Å². The number of anilines is 1. The molecule has 3 rings (SSSR count). The highest BCUT2D eigenvalue weighted by atomic mass is 35.5. The van der Waals surface area contributed by atoms with Crippen LogP contribution in [0.15, 0.2) is 47.9 Å². The molecule has 1 unspecified atom stereocenters. The normalized spacial score (nSPS) is 18.5. The van der Waals surface area contributed by atoms with Gasteiger partial charge in [-0.25, -0.2) is 0 Å². The zero-order valence-corrected chi connectivity index (χ0v) is 14.4. The Morgan fingerprint density at radius 2 is 1.83 bits per heavy atom. The Kier molecular flexibility index (Phi) is 4.37. The first-order valence-corrected chi connectivity index (χ1v) is 8.63. The number of halogens is 1. The van der Waals surface area contributed by atoms with E-state index in [2.05, 4.69) is 0 Å². The number of rotatable bonds is 3. The molecule has 0 saturated heterocycles. The van der Waals surface area contributed by atoms with Gasteiger partial charge in [0.15, 0.2) is 5.78 Å². The average Bonchev–Trinajstić information content (AvgIpc) is 3.02. The largest absolute Gasteiger partial charge is 0.294 e. The molecule has 2 heterocycles. The van der Waals surface area contributed by atoms with Crippen LogP contribution in [-0.4, -0.2) is 11.7 Å². The van der Waals surface area contributed by atoms with Crippen molar-refractivity contribution < 1.29 is 9.59 Å². The number of carbonyl (C=O) groups is 2. The average molecular weight is 346 g/mol. The van der Waals surface area contributed by atoms with Gasteiger partial charge in [-0.2, -0.15) is 0 Å². The summed E-state index contributed by atoms with van der Waals surface area (Å²) in [4.78, 5) is 28.0. The minimum absolute atomic E-state index is 0.0501. The fourth-order valence-corrected chi connectivity index (χ4v) is 3.60. The number of nitrogens with zero attached hydrogens (tertiary/aromatic N) is 1. The van der Waals surface area contributed by atoms with Gasteiger partial charge in [0.1, 0.15) is 5.92 Å². The Labute approximate surface area is 144 Å². The monoisotopic (exact) mass is 345 g/mol. The molecule has 1 aromatic carbocycles. The van der Waals surface area contributed by atoms with E-state index in [1.807, 2.05) is 31.4 Å². The third kappa shape index (κ3) is 2.96. The second-order valence-electron chi connectivity index (χ2n) is 5.78. The second-order valence-corrected chi connectivity index (χ2v) is 7.17. The molecule has 0 bridgehead atoms.